The maximum atomic E-state index is 12.1. The second-order valence-electron chi connectivity index (χ2n) is 4.92. The quantitative estimate of drug-likeness (QED) is 0.670. The van der Waals surface area contributed by atoms with Crippen LogP contribution in [0.25, 0.3) is 0 Å². The molecule has 0 bridgehead atoms. The van der Waals surface area contributed by atoms with Gasteiger partial charge in [0.2, 0.25) is 5.91 Å². The number of para-hydroxylation sites is 1. The first-order valence-corrected chi connectivity index (χ1v) is 6.83. The molecule has 1 saturated heterocycles. The van der Waals surface area contributed by atoms with Crippen LogP contribution < -0.4 is 16.8 Å². The number of nitrogens with zero attached hydrogens (tertiary/aromatic N) is 1. The first kappa shape index (κ1) is 15.4. The minimum atomic E-state index is -0.569. The standard InChI is InChI=1S/C14H20N4O3/c15-7-10-8-18(5-6-21-10)9-13(19)17-12-4-2-1-3-11(12)14(16)20/h1-4,10H,5-9,15H2,(H2,16,20)(H,17,19). The van der Waals surface area contributed by atoms with Gasteiger partial charge in [0.15, 0.2) is 0 Å². The van der Waals surface area contributed by atoms with Crippen molar-refractivity contribution in [3.05, 3.63) is 29.8 Å². The lowest BCUT2D eigenvalue weighted by Gasteiger charge is -2.31. The highest BCUT2D eigenvalue weighted by molar-refractivity contribution is 6.03. The van der Waals surface area contributed by atoms with Gasteiger partial charge in [-0.2, -0.15) is 0 Å². The van der Waals surface area contributed by atoms with Crippen molar-refractivity contribution in [2.24, 2.45) is 11.5 Å². The fraction of sp³-hybridized carbons (Fsp3) is 0.429. The summed E-state index contributed by atoms with van der Waals surface area (Å²) < 4.78 is 5.45. The summed E-state index contributed by atoms with van der Waals surface area (Å²) in [5.74, 6) is -0.762. The molecule has 1 unspecified atom stereocenters. The second kappa shape index (κ2) is 7.16. The number of rotatable bonds is 5. The number of primary amides is 1. The maximum Gasteiger partial charge on any atom is 0.250 e. The molecule has 7 nitrogen and oxygen atoms in total. The molecular weight excluding hydrogens is 272 g/mol. The average Bonchev–Trinajstić information content (AvgIpc) is 2.47. The van der Waals surface area contributed by atoms with Crippen LogP contribution in [0.3, 0.4) is 0 Å². The summed E-state index contributed by atoms with van der Waals surface area (Å²) in [6.07, 6.45) is -0.0375. The van der Waals surface area contributed by atoms with Crippen molar-refractivity contribution in [2.45, 2.75) is 6.10 Å². The van der Waals surface area contributed by atoms with Gasteiger partial charge in [-0.25, -0.2) is 0 Å². The Balaban J connectivity index is 1.94. The Kier molecular flexibility index (Phi) is 5.26. The second-order valence-corrected chi connectivity index (χ2v) is 4.92. The highest BCUT2D eigenvalue weighted by Crippen LogP contribution is 2.14. The van der Waals surface area contributed by atoms with Gasteiger partial charge >= 0.3 is 0 Å². The average molecular weight is 292 g/mol. The van der Waals surface area contributed by atoms with E-state index >= 15 is 0 Å². The highest BCUT2D eigenvalue weighted by atomic mass is 16.5. The summed E-state index contributed by atoms with van der Waals surface area (Å²) in [6, 6.07) is 6.67. The van der Waals surface area contributed by atoms with Gasteiger partial charge < -0.3 is 21.5 Å². The van der Waals surface area contributed by atoms with Crippen molar-refractivity contribution in [1.29, 1.82) is 0 Å². The number of hydrogen-bond donors (Lipinski definition) is 3. The number of carbonyl (C=O) groups excluding carboxylic acids is 2. The van der Waals surface area contributed by atoms with Crippen LogP contribution in [0.2, 0.25) is 0 Å². The third-order valence-corrected chi connectivity index (χ3v) is 3.32. The normalized spacial score (nSPS) is 19.2. The van der Waals surface area contributed by atoms with E-state index in [1.165, 1.54) is 0 Å². The monoisotopic (exact) mass is 292 g/mol. The molecule has 1 aromatic carbocycles. The molecule has 114 valence electrons. The van der Waals surface area contributed by atoms with Crippen LogP contribution in [-0.4, -0.2) is 55.6 Å². The molecule has 1 heterocycles. The molecule has 1 aromatic rings. The lowest BCUT2D eigenvalue weighted by atomic mass is 10.1. The molecule has 0 radical (unpaired) electrons. The lowest BCUT2D eigenvalue weighted by molar-refractivity contribution is -0.119. The predicted molar refractivity (Wildman–Crippen MR) is 78.8 cm³/mol. The minimum Gasteiger partial charge on any atom is -0.374 e. The van der Waals surface area contributed by atoms with Gasteiger partial charge in [-0.1, -0.05) is 12.1 Å². The van der Waals surface area contributed by atoms with Crippen molar-refractivity contribution < 1.29 is 14.3 Å². The van der Waals surface area contributed by atoms with Crippen molar-refractivity contribution in [3.8, 4) is 0 Å². The zero-order chi connectivity index (χ0) is 15.2. The number of ether oxygens (including phenoxy) is 1. The highest BCUT2D eigenvalue weighted by Gasteiger charge is 2.21. The molecule has 1 atom stereocenters. The molecule has 1 fully saturated rings. The van der Waals surface area contributed by atoms with E-state index in [-0.39, 0.29) is 18.6 Å². The number of hydrogen-bond acceptors (Lipinski definition) is 5. The van der Waals surface area contributed by atoms with Crippen LogP contribution >= 0.6 is 0 Å². The topological polar surface area (TPSA) is 111 Å². The van der Waals surface area contributed by atoms with Crippen LogP contribution in [0, 0.1) is 0 Å². The molecule has 0 saturated carbocycles. The van der Waals surface area contributed by atoms with E-state index in [0.29, 0.717) is 37.5 Å². The van der Waals surface area contributed by atoms with Crippen molar-refractivity contribution in [2.75, 3.05) is 38.1 Å². The summed E-state index contributed by atoms with van der Waals surface area (Å²) in [7, 11) is 0. The van der Waals surface area contributed by atoms with Gasteiger partial charge in [0, 0.05) is 19.6 Å². The van der Waals surface area contributed by atoms with E-state index in [4.69, 9.17) is 16.2 Å². The first-order chi connectivity index (χ1) is 10.1. The number of nitrogens with one attached hydrogen (secondary N) is 1. The maximum absolute atomic E-state index is 12.1. The van der Waals surface area contributed by atoms with Crippen LogP contribution in [-0.2, 0) is 9.53 Å². The van der Waals surface area contributed by atoms with E-state index in [9.17, 15) is 9.59 Å². The Morgan fingerprint density at radius 1 is 1.38 bits per heavy atom. The number of amides is 2. The fourth-order valence-corrected chi connectivity index (χ4v) is 2.27. The van der Waals surface area contributed by atoms with Gasteiger partial charge in [0.1, 0.15) is 0 Å². The molecule has 1 aliphatic heterocycles. The van der Waals surface area contributed by atoms with Crippen LogP contribution in [0.1, 0.15) is 10.4 Å². The van der Waals surface area contributed by atoms with E-state index in [1.54, 1.807) is 24.3 Å². The smallest absolute Gasteiger partial charge is 0.250 e. The summed E-state index contributed by atoms with van der Waals surface area (Å²) in [4.78, 5) is 25.4. The summed E-state index contributed by atoms with van der Waals surface area (Å²) in [5, 5.41) is 2.72. The molecule has 1 aliphatic rings. The Morgan fingerprint density at radius 3 is 2.86 bits per heavy atom. The largest absolute Gasteiger partial charge is 0.374 e. The van der Waals surface area contributed by atoms with Crippen LogP contribution in [0.4, 0.5) is 5.69 Å². The van der Waals surface area contributed by atoms with Gasteiger partial charge in [-0.05, 0) is 12.1 Å². The van der Waals surface area contributed by atoms with Gasteiger partial charge in [0.25, 0.3) is 5.91 Å². The van der Waals surface area contributed by atoms with Gasteiger partial charge in [0.05, 0.1) is 30.5 Å². The number of benzene rings is 1. The number of anilines is 1. The number of morpholine rings is 1. The van der Waals surface area contributed by atoms with Crippen LogP contribution in [0.15, 0.2) is 24.3 Å². The molecule has 2 rings (SSSR count). The summed E-state index contributed by atoms with van der Waals surface area (Å²) in [6.45, 7) is 2.53. The predicted octanol–water partition coefficient (Wildman–Crippen LogP) is -0.616. The fourth-order valence-electron chi connectivity index (χ4n) is 2.27. The van der Waals surface area contributed by atoms with Gasteiger partial charge in [-0.15, -0.1) is 0 Å². The zero-order valence-corrected chi connectivity index (χ0v) is 11.7. The van der Waals surface area contributed by atoms with Crippen molar-refractivity contribution >= 4 is 17.5 Å². The Morgan fingerprint density at radius 2 is 2.14 bits per heavy atom. The van der Waals surface area contributed by atoms with Crippen LogP contribution in [0.5, 0.6) is 0 Å². The van der Waals surface area contributed by atoms with Crippen molar-refractivity contribution in [1.82, 2.24) is 4.90 Å². The molecule has 0 aromatic heterocycles. The Labute approximate surface area is 123 Å². The third kappa shape index (κ3) is 4.25. The first-order valence-electron chi connectivity index (χ1n) is 6.83. The SMILES string of the molecule is NCC1CN(CC(=O)Nc2ccccc2C(N)=O)CCO1. The Bertz CT molecular complexity index is 521. The molecule has 7 heteroatoms. The third-order valence-electron chi connectivity index (χ3n) is 3.32. The summed E-state index contributed by atoms with van der Waals surface area (Å²) >= 11 is 0. The van der Waals surface area contributed by atoms with Gasteiger partial charge in [-0.3, -0.25) is 14.5 Å². The number of carbonyl (C=O) groups is 2. The molecule has 5 N–H and O–H groups in total. The van der Waals surface area contributed by atoms with E-state index in [1.807, 2.05) is 4.90 Å². The van der Waals surface area contributed by atoms with E-state index < -0.39 is 5.91 Å². The molecule has 21 heavy (non-hydrogen) atoms. The Hall–Kier alpha value is -1.96. The summed E-state index contributed by atoms with van der Waals surface area (Å²) in [5.41, 5.74) is 11.6. The molecule has 0 aliphatic carbocycles. The van der Waals surface area contributed by atoms with E-state index in [0.717, 1.165) is 0 Å². The molecular formula is C14H20N4O3. The lowest BCUT2D eigenvalue weighted by Crippen LogP contribution is -2.48. The number of nitrogens with two attached hydrogens (primary N) is 2. The van der Waals surface area contributed by atoms with Crippen molar-refractivity contribution in [3.63, 3.8) is 0 Å². The molecule has 2 amide bonds. The molecule has 0 spiro atoms. The zero-order valence-electron chi connectivity index (χ0n) is 11.7. The minimum absolute atomic E-state index is 0.0375. The van der Waals surface area contributed by atoms with E-state index in [2.05, 4.69) is 5.32 Å².